The van der Waals surface area contributed by atoms with E-state index in [4.69, 9.17) is 42.6 Å². The highest BCUT2D eigenvalue weighted by atomic mass is 16.6. The minimum atomic E-state index is -1.06. The fourth-order valence-corrected chi connectivity index (χ4v) is 5.66. The van der Waals surface area contributed by atoms with E-state index in [1.165, 1.54) is 6.33 Å². The molecule has 5 atom stereocenters. The first-order valence-electron chi connectivity index (χ1n) is 18.1. The number of para-hydroxylation sites is 1. The fraction of sp³-hybridized carbons (Fsp3) is 0.300. The van der Waals surface area contributed by atoms with Gasteiger partial charge in [0.2, 0.25) is 0 Å². The van der Waals surface area contributed by atoms with Crippen molar-refractivity contribution in [1.29, 1.82) is 0 Å². The van der Waals surface area contributed by atoms with E-state index in [0.29, 0.717) is 17.9 Å². The molecule has 0 bridgehead atoms. The number of aromatic amines is 2. The Labute approximate surface area is 328 Å². The lowest BCUT2D eigenvalue weighted by molar-refractivity contribution is -0.161. The lowest BCUT2D eigenvalue weighted by Gasteiger charge is -2.13. The molecule has 1 fully saturated rings. The standard InChI is InChI=1S/C20H21N3O3.C15H18N4O4.C5H9NO2/c21-16(10-13-6-2-1-3-7-13)19(24)26-20(25)17(22)11-14-12-23-18-9-5-4-8-15(14)18;16-12(14(20)21)5-9-1-3-11(4-2-9)23-15(22)13(17)6-10-7-18-8-19-10;7-5(8)4-2-1-3-6-4/h1-9,12,16-17,23H,10-11,21-22H2;1-4,7-8,12-13H,5-6,16-17H2,(H,18,19)(H,20,21);4,6H,1-3H2,(H,7,8)/t16-,17-;12-,13-;4-/m000/s1. The lowest BCUT2D eigenvalue weighted by atomic mass is 10.1. The summed E-state index contributed by atoms with van der Waals surface area (Å²) < 4.78 is 10.1. The number of carbonyl (C=O) groups excluding carboxylic acids is 3. The fourth-order valence-electron chi connectivity index (χ4n) is 5.66. The summed E-state index contributed by atoms with van der Waals surface area (Å²) in [5.41, 5.74) is 27.2. The first-order chi connectivity index (χ1) is 27.3. The first kappa shape index (κ1) is 43.5. The highest BCUT2D eigenvalue weighted by Crippen LogP contribution is 2.19. The number of carbonyl (C=O) groups is 5. The van der Waals surface area contributed by atoms with E-state index in [1.54, 1.807) is 36.7 Å². The predicted octanol–water partition coefficient (Wildman–Crippen LogP) is 1.34. The number of esters is 3. The molecule has 302 valence electrons. The molecular weight excluding hydrogens is 736 g/mol. The molecule has 1 aliphatic heterocycles. The second-order valence-electron chi connectivity index (χ2n) is 13.3. The Morgan fingerprint density at radius 1 is 0.719 bits per heavy atom. The van der Waals surface area contributed by atoms with Crippen LogP contribution in [0.3, 0.4) is 0 Å². The third-order valence-corrected chi connectivity index (χ3v) is 8.78. The van der Waals surface area contributed by atoms with E-state index in [2.05, 4.69) is 20.3 Å². The zero-order chi connectivity index (χ0) is 41.3. The van der Waals surface area contributed by atoms with Gasteiger partial charge in [-0.2, -0.15) is 0 Å². The Kier molecular flexibility index (Phi) is 16.6. The van der Waals surface area contributed by atoms with Gasteiger partial charge in [0.15, 0.2) is 0 Å². The minimum Gasteiger partial charge on any atom is -0.480 e. The molecule has 57 heavy (non-hydrogen) atoms. The molecule has 0 aliphatic carbocycles. The van der Waals surface area contributed by atoms with Crippen LogP contribution in [0.1, 0.15) is 35.2 Å². The molecule has 0 amide bonds. The number of rotatable bonds is 14. The van der Waals surface area contributed by atoms with Gasteiger partial charge in [-0.05, 0) is 67.1 Å². The normalized spacial score (nSPS) is 15.4. The Bertz CT molecular complexity index is 2050. The van der Waals surface area contributed by atoms with Gasteiger partial charge in [-0.3, -0.25) is 9.59 Å². The highest BCUT2D eigenvalue weighted by molar-refractivity contribution is 5.91. The maximum atomic E-state index is 12.1. The molecule has 3 heterocycles. The van der Waals surface area contributed by atoms with Crippen LogP contribution in [0.25, 0.3) is 10.9 Å². The molecule has 0 spiro atoms. The maximum absolute atomic E-state index is 12.1. The molecule has 5 aromatic rings. The van der Waals surface area contributed by atoms with Crippen LogP contribution < -0.4 is 33.0 Å². The predicted molar refractivity (Wildman–Crippen MR) is 210 cm³/mol. The van der Waals surface area contributed by atoms with Gasteiger partial charge in [0, 0.05) is 36.1 Å². The average Bonchev–Trinajstić information content (AvgIpc) is 4.00. The van der Waals surface area contributed by atoms with Crippen LogP contribution in [0.2, 0.25) is 0 Å². The summed E-state index contributed by atoms with van der Waals surface area (Å²) in [5, 5.41) is 21.0. The number of hydrogen-bond acceptors (Lipinski definition) is 13. The highest BCUT2D eigenvalue weighted by Gasteiger charge is 2.25. The van der Waals surface area contributed by atoms with Crippen molar-refractivity contribution in [2.45, 2.75) is 68.7 Å². The molecule has 17 nitrogen and oxygen atoms in total. The van der Waals surface area contributed by atoms with Gasteiger partial charge in [-0.1, -0.05) is 60.7 Å². The average molecular weight is 785 g/mol. The van der Waals surface area contributed by atoms with Gasteiger partial charge < -0.3 is 57.9 Å². The molecule has 0 saturated carbocycles. The number of imidazole rings is 1. The number of nitrogens with zero attached hydrogens (tertiary/aromatic N) is 1. The molecule has 6 rings (SSSR count). The molecule has 1 aliphatic rings. The Balaban J connectivity index is 0.000000213. The summed E-state index contributed by atoms with van der Waals surface area (Å²) in [6.45, 7) is 0.858. The van der Waals surface area contributed by atoms with E-state index in [1.807, 2.05) is 54.6 Å². The van der Waals surface area contributed by atoms with Crippen LogP contribution in [-0.2, 0) is 54.4 Å². The zero-order valence-corrected chi connectivity index (χ0v) is 31.1. The van der Waals surface area contributed by atoms with Crippen molar-refractivity contribution in [3.63, 3.8) is 0 Å². The zero-order valence-electron chi connectivity index (χ0n) is 31.1. The summed E-state index contributed by atoms with van der Waals surface area (Å²) in [5.74, 6) is -3.56. The van der Waals surface area contributed by atoms with Crippen molar-refractivity contribution in [2.24, 2.45) is 22.9 Å². The van der Waals surface area contributed by atoms with Crippen LogP contribution >= 0.6 is 0 Å². The van der Waals surface area contributed by atoms with Crippen molar-refractivity contribution < 1.29 is 43.7 Å². The van der Waals surface area contributed by atoms with E-state index in [0.717, 1.165) is 47.0 Å². The van der Waals surface area contributed by atoms with Gasteiger partial charge in [0.05, 0.1) is 12.0 Å². The largest absolute Gasteiger partial charge is 0.480 e. The molecule has 2 aromatic heterocycles. The Morgan fingerprint density at radius 3 is 1.93 bits per heavy atom. The molecule has 1 saturated heterocycles. The van der Waals surface area contributed by atoms with Crippen LogP contribution in [0.5, 0.6) is 5.75 Å². The number of H-pyrrole nitrogens is 2. The monoisotopic (exact) mass is 784 g/mol. The lowest BCUT2D eigenvalue weighted by Crippen LogP contribution is -2.41. The number of fused-ring (bicyclic) bond motifs is 1. The van der Waals surface area contributed by atoms with Crippen molar-refractivity contribution in [3.8, 4) is 5.75 Å². The number of ether oxygens (including phenoxy) is 2. The van der Waals surface area contributed by atoms with E-state index in [9.17, 15) is 24.0 Å². The molecule has 17 heteroatoms. The Morgan fingerprint density at radius 2 is 1.33 bits per heavy atom. The van der Waals surface area contributed by atoms with Gasteiger partial charge in [0.25, 0.3) is 0 Å². The van der Waals surface area contributed by atoms with Gasteiger partial charge in [0.1, 0.15) is 36.0 Å². The van der Waals surface area contributed by atoms with E-state index < -0.39 is 54.0 Å². The molecule has 3 aromatic carbocycles. The van der Waals surface area contributed by atoms with E-state index >= 15 is 0 Å². The number of carboxylic acid groups (broad SMARTS) is 2. The van der Waals surface area contributed by atoms with Crippen LogP contribution in [-0.4, -0.2) is 91.8 Å². The molecule has 13 N–H and O–H groups in total. The topological polar surface area (TPSA) is 305 Å². The van der Waals surface area contributed by atoms with Crippen molar-refractivity contribution in [2.75, 3.05) is 6.54 Å². The van der Waals surface area contributed by atoms with Crippen molar-refractivity contribution in [3.05, 3.63) is 120 Å². The summed E-state index contributed by atoms with van der Waals surface area (Å²) in [6.07, 6.45) is 7.79. The summed E-state index contributed by atoms with van der Waals surface area (Å²) in [6, 6.07) is 19.6. The number of hydrogen-bond donors (Lipinski definition) is 9. The van der Waals surface area contributed by atoms with Gasteiger partial charge in [-0.25, -0.2) is 19.4 Å². The quantitative estimate of drug-likeness (QED) is 0.0436. The molecule has 0 unspecified atom stereocenters. The number of aromatic nitrogens is 3. The second-order valence-corrected chi connectivity index (χ2v) is 13.3. The van der Waals surface area contributed by atoms with Crippen molar-refractivity contribution >= 4 is 40.7 Å². The maximum Gasteiger partial charge on any atom is 0.330 e. The number of benzene rings is 3. The first-order valence-corrected chi connectivity index (χ1v) is 18.1. The molecular formula is C40H48N8O9. The smallest absolute Gasteiger partial charge is 0.330 e. The van der Waals surface area contributed by atoms with Crippen LogP contribution in [0, 0.1) is 0 Å². The van der Waals surface area contributed by atoms with Crippen molar-refractivity contribution in [1.82, 2.24) is 20.3 Å². The summed E-state index contributed by atoms with van der Waals surface area (Å²) in [7, 11) is 0. The summed E-state index contributed by atoms with van der Waals surface area (Å²) >= 11 is 0. The summed E-state index contributed by atoms with van der Waals surface area (Å²) in [4.78, 5) is 66.8. The minimum absolute atomic E-state index is 0.197. The number of nitrogens with two attached hydrogens (primary N) is 4. The second kappa shape index (κ2) is 21.7. The van der Waals surface area contributed by atoms with Crippen LogP contribution in [0.15, 0.2) is 97.6 Å². The number of nitrogens with one attached hydrogen (secondary N) is 3. The SMILES string of the molecule is N[C@@H](Cc1ccc(OC(=O)[C@@H](N)Cc2c[nH]cn2)cc1)C(=O)O.N[C@@H](Cc1ccccc1)C(=O)OC(=O)[C@@H](N)Cc1c[nH]c2ccccc12.O=C(O)[C@@H]1CCCN1. The molecule has 0 radical (unpaired) electrons. The van der Waals surface area contributed by atoms with E-state index in [-0.39, 0.29) is 25.3 Å². The third kappa shape index (κ3) is 14.1. The third-order valence-electron chi connectivity index (χ3n) is 8.78. The van der Waals surface area contributed by atoms with Crippen LogP contribution in [0.4, 0.5) is 0 Å². The Hall–Kier alpha value is -6.24. The van der Waals surface area contributed by atoms with Gasteiger partial charge >= 0.3 is 29.8 Å². The number of carboxylic acids is 2. The number of aliphatic carboxylic acids is 2. The van der Waals surface area contributed by atoms with Gasteiger partial charge in [-0.15, -0.1) is 0 Å².